The summed E-state index contributed by atoms with van der Waals surface area (Å²) in [6.07, 6.45) is 14.8. The van der Waals surface area contributed by atoms with Gasteiger partial charge in [0, 0.05) is 5.92 Å². The number of hydrogen-bond donors (Lipinski definition) is 0. The summed E-state index contributed by atoms with van der Waals surface area (Å²) >= 11 is 0. The number of fused-ring (bicyclic) bond motifs is 2. The van der Waals surface area contributed by atoms with E-state index in [2.05, 4.69) is 73.7 Å². The quantitative estimate of drug-likeness (QED) is 0.613. The highest BCUT2D eigenvalue weighted by atomic mass is 14.2. The van der Waals surface area contributed by atoms with Crippen molar-refractivity contribution in [2.75, 3.05) is 0 Å². The average molecular weight is 234 g/mol. The van der Waals surface area contributed by atoms with Crippen LogP contribution in [0, 0.1) is 11.8 Å². The minimum atomic E-state index is 0.478. The maximum Gasteiger partial charge on any atom is 0.0166 e. The first kappa shape index (κ1) is 11.3. The fraction of sp³-hybridized carbons (Fsp3) is 0.222. The van der Waals surface area contributed by atoms with E-state index in [1.54, 1.807) is 5.57 Å². The maximum atomic E-state index is 2.34. The lowest BCUT2D eigenvalue weighted by molar-refractivity contribution is 0.695. The molecular weight excluding hydrogens is 216 g/mol. The topological polar surface area (TPSA) is 0 Å². The highest BCUT2D eigenvalue weighted by molar-refractivity contribution is 5.68. The van der Waals surface area contributed by atoms with Crippen molar-refractivity contribution in [2.24, 2.45) is 11.8 Å². The summed E-state index contributed by atoms with van der Waals surface area (Å²) in [6.45, 7) is 2.26. The van der Waals surface area contributed by atoms with Crippen LogP contribution < -0.4 is 0 Å². The van der Waals surface area contributed by atoms with Gasteiger partial charge in [-0.2, -0.15) is 0 Å². The van der Waals surface area contributed by atoms with Gasteiger partial charge in [-0.05, 0) is 30.4 Å². The van der Waals surface area contributed by atoms with Crippen molar-refractivity contribution in [3.63, 3.8) is 0 Å². The van der Waals surface area contributed by atoms with Gasteiger partial charge in [0.25, 0.3) is 0 Å². The third kappa shape index (κ3) is 2.11. The van der Waals surface area contributed by atoms with E-state index in [-0.39, 0.29) is 0 Å². The average Bonchev–Trinajstić information content (AvgIpc) is 2.39. The van der Waals surface area contributed by atoms with Gasteiger partial charge >= 0.3 is 0 Å². The number of rotatable bonds is 1. The molecule has 0 saturated heterocycles. The molecule has 0 nitrogen and oxygen atoms in total. The molecule has 90 valence electrons. The van der Waals surface area contributed by atoms with Crippen molar-refractivity contribution >= 4 is 5.57 Å². The van der Waals surface area contributed by atoms with E-state index in [1.807, 2.05) is 0 Å². The summed E-state index contributed by atoms with van der Waals surface area (Å²) in [4.78, 5) is 0. The third-order valence-electron chi connectivity index (χ3n) is 3.90. The van der Waals surface area contributed by atoms with E-state index in [0.717, 1.165) is 6.42 Å². The summed E-state index contributed by atoms with van der Waals surface area (Å²) in [5.74, 6) is 1.05. The Morgan fingerprint density at radius 2 is 1.72 bits per heavy atom. The summed E-state index contributed by atoms with van der Waals surface area (Å²) in [5, 5.41) is 0. The lowest BCUT2D eigenvalue weighted by Crippen LogP contribution is -2.12. The van der Waals surface area contributed by atoms with Crippen molar-refractivity contribution < 1.29 is 0 Å². The Balaban J connectivity index is 2.05. The molecule has 0 fully saturated rings. The van der Waals surface area contributed by atoms with Crippen LogP contribution in [0.5, 0.6) is 0 Å². The molecule has 0 N–H and O–H groups in total. The predicted octanol–water partition coefficient (Wildman–Crippen LogP) is 4.78. The molecule has 3 aliphatic carbocycles. The van der Waals surface area contributed by atoms with Crippen LogP contribution in [-0.2, 0) is 0 Å². The first-order valence-corrected chi connectivity index (χ1v) is 6.63. The first-order chi connectivity index (χ1) is 8.84. The highest BCUT2D eigenvalue weighted by Gasteiger charge is 2.20. The minimum Gasteiger partial charge on any atom is -0.0804 e. The summed E-state index contributed by atoms with van der Waals surface area (Å²) in [7, 11) is 0. The first-order valence-electron chi connectivity index (χ1n) is 6.63. The van der Waals surface area contributed by atoms with Gasteiger partial charge in [0.2, 0.25) is 0 Å². The molecule has 0 unspecified atom stereocenters. The van der Waals surface area contributed by atoms with Crippen molar-refractivity contribution in [1.82, 2.24) is 0 Å². The zero-order chi connectivity index (χ0) is 12.4. The Bertz CT molecular complexity index is 541. The van der Waals surface area contributed by atoms with Crippen LogP contribution in [0.3, 0.4) is 0 Å². The SMILES string of the molecule is C/C(=C1/C[C@H]2C=C/C=C\[C@@H]1C=C2)c1ccccc1. The molecule has 0 aromatic heterocycles. The predicted molar refractivity (Wildman–Crippen MR) is 78.1 cm³/mol. The van der Waals surface area contributed by atoms with Crippen LogP contribution in [0.4, 0.5) is 0 Å². The molecule has 18 heavy (non-hydrogen) atoms. The highest BCUT2D eigenvalue weighted by Crippen LogP contribution is 2.36. The van der Waals surface area contributed by atoms with Crippen LogP contribution in [0.2, 0.25) is 0 Å². The standard InChI is InChI=1S/C18H18/c1-14(16-8-3-2-4-9-16)18-13-15-7-5-6-10-17(18)12-11-15/h2-12,15,17H,13H2,1H3/b7-5?,10-6-,18-14+/t15-,17+/m0/s1. The molecule has 4 rings (SSSR count). The van der Waals surface area contributed by atoms with Gasteiger partial charge in [-0.15, -0.1) is 0 Å². The van der Waals surface area contributed by atoms with Crippen LogP contribution >= 0.6 is 0 Å². The van der Waals surface area contributed by atoms with Crippen LogP contribution in [-0.4, -0.2) is 0 Å². The fourth-order valence-electron chi connectivity index (χ4n) is 2.82. The second-order valence-electron chi connectivity index (χ2n) is 5.06. The van der Waals surface area contributed by atoms with Gasteiger partial charge in [0.1, 0.15) is 0 Å². The van der Waals surface area contributed by atoms with E-state index < -0.39 is 0 Å². The monoisotopic (exact) mass is 234 g/mol. The molecule has 2 bridgehead atoms. The molecule has 1 aromatic rings. The Morgan fingerprint density at radius 3 is 2.56 bits per heavy atom. The molecule has 0 amide bonds. The Morgan fingerprint density at radius 1 is 0.944 bits per heavy atom. The third-order valence-corrected chi connectivity index (χ3v) is 3.90. The molecule has 0 aliphatic heterocycles. The molecule has 0 saturated carbocycles. The maximum absolute atomic E-state index is 2.34. The lowest BCUT2D eigenvalue weighted by atomic mass is 9.78. The van der Waals surface area contributed by atoms with E-state index in [1.165, 1.54) is 11.1 Å². The van der Waals surface area contributed by atoms with E-state index in [9.17, 15) is 0 Å². The second-order valence-corrected chi connectivity index (χ2v) is 5.06. The molecule has 0 spiro atoms. The Labute approximate surface area is 109 Å². The summed E-state index contributed by atoms with van der Waals surface area (Å²) in [5.41, 5.74) is 4.36. The van der Waals surface area contributed by atoms with Gasteiger partial charge < -0.3 is 0 Å². The lowest BCUT2D eigenvalue weighted by Gasteiger charge is -2.26. The fourth-order valence-corrected chi connectivity index (χ4v) is 2.82. The van der Waals surface area contributed by atoms with Gasteiger partial charge in [-0.1, -0.05) is 72.4 Å². The Hall–Kier alpha value is -1.82. The number of benzene rings is 1. The smallest absolute Gasteiger partial charge is 0.0166 e. The molecule has 1 aromatic carbocycles. The van der Waals surface area contributed by atoms with Gasteiger partial charge in [-0.25, -0.2) is 0 Å². The summed E-state index contributed by atoms with van der Waals surface area (Å²) < 4.78 is 0. The van der Waals surface area contributed by atoms with E-state index in [4.69, 9.17) is 0 Å². The molecule has 0 heteroatoms. The number of hydrogen-bond acceptors (Lipinski definition) is 0. The van der Waals surface area contributed by atoms with Crippen molar-refractivity contribution in [3.8, 4) is 0 Å². The zero-order valence-electron chi connectivity index (χ0n) is 10.7. The molecule has 0 radical (unpaired) electrons. The van der Waals surface area contributed by atoms with Crippen molar-refractivity contribution in [1.29, 1.82) is 0 Å². The van der Waals surface area contributed by atoms with E-state index >= 15 is 0 Å². The Kier molecular flexibility index (Phi) is 3.02. The minimum absolute atomic E-state index is 0.478. The summed E-state index contributed by atoms with van der Waals surface area (Å²) in [6, 6.07) is 10.7. The second kappa shape index (κ2) is 4.81. The van der Waals surface area contributed by atoms with E-state index in [0.29, 0.717) is 11.8 Å². The van der Waals surface area contributed by atoms with Crippen LogP contribution in [0.1, 0.15) is 18.9 Å². The van der Waals surface area contributed by atoms with Crippen LogP contribution in [0.15, 0.2) is 72.4 Å². The van der Waals surface area contributed by atoms with Crippen molar-refractivity contribution in [2.45, 2.75) is 13.3 Å². The van der Waals surface area contributed by atoms with Crippen molar-refractivity contribution in [3.05, 3.63) is 77.9 Å². The largest absolute Gasteiger partial charge is 0.0804 e. The van der Waals surface area contributed by atoms with Gasteiger partial charge in [0.15, 0.2) is 0 Å². The number of allylic oxidation sites excluding steroid dienone is 8. The molecule has 2 atom stereocenters. The molecular formula is C18H18. The normalized spacial score (nSPS) is 29.8. The molecule has 0 heterocycles. The van der Waals surface area contributed by atoms with Crippen LogP contribution in [0.25, 0.3) is 5.57 Å². The zero-order valence-corrected chi connectivity index (χ0v) is 10.7. The molecule has 3 aliphatic rings. The van der Waals surface area contributed by atoms with Gasteiger partial charge in [0.05, 0.1) is 0 Å². The van der Waals surface area contributed by atoms with Gasteiger partial charge in [-0.3, -0.25) is 0 Å².